The van der Waals surface area contributed by atoms with Crippen LogP contribution in [0.1, 0.15) is 30.9 Å². The van der Waals surface area contributed by atoms with E-state index in [0.717, 1.165) is 17.7 Å². The number of sulfone groups is 1. The molecule has 29 heavy (non-hydrogen) atoms. The van der Waals surface area contributed by atoms with Crippen LogP contribution >= 0.6 is 0 Å². The quantitative estimate of drug-likeness (QED) is 0.639. The van der Waals surface area contributed by atoms with Crippen molar-refractivity contribution in [3.05, 3.63) is 59.2 Å². The molecule has 0 atom stereocenters. The Morgan fingerprint density at radius 1 is 1.10 bits per heavy atom. The maximum absolute atomic E-state index is 12.5. The van der Waals surface area contributed by atoms with Crippen molar-refractivity contribution in [3.8, 4) is 11.5 Å². The van der Waals surface area contributed by atoms with Crippen molar-refractivity contribution in [2.75, 3.05) is 19.5 Å². The molecule has 1 heterocycles. The fourth-order valence-electron chi connectivity index (χ4n) is 3.06. The Morgan fingerprint density at radius 3 is 2.66 bits per heavy atom. The molecule has 2 aromatic carbocycles. The first kappa shape index (κ1) is 20.9. The third kappa shape index (κ3) is 4.98. The van der Waals surface area contributed by atoms with Crippen LogP contribution in [0, 0.1) is 0 Å². The van der Waals surface area contributed by atoms with Crippen LogP contribution in [-0.2, 0) is 26.0 Å². The van der Waals surface area contributed by atoms with E-state index in [9.17, 15) is 13.2 Å². The van der Waals surface area contributed by atoms with E-state index in [-0.39, 0.29) is 23.7 Å². The largest absolute Gasteiger partial charge is 0.493 e. The number of hydrogen-bond acceptors (Lipinski definition) is 6. The third-order valence-electron chi connectivity index (χ3n) is 4.56. The molecule has 0 spiro atoms. The van der Waals surface area contributed by atoms with Crippen LogP contribution in [-0.4, -0.2) is 33.9 Å². The van der Waals surface area contributed by atoms with Gasteiger partial charge >= 0.3 is 5.97 Å². The van der Waals surface area contributed by atoms with Gasteiger partial charge in [0.25, 0.3) is 0 Å². The predicted molar refractivity (Wildman–Crippen MR) is 110 cm³/mol. The molecule has 0 aromatic heterocycles. The molecule has 0 saturated heterocycles. The van der Waals surface area contributed by atoms with Crippen molar-refractivity contribution >= 4 is 21.9 Å². The fraction of sp³-hybridized carbons (Fsp3) is 0.318. The standard InChI is InChI=1S/C22H24O6S/c1-3-11-27-20-7-5-4-6-17(20)15-28-19-8-9-21-18(14-19)13-16(22(23)26-2)10-12-29(21,24)25/h4-9,13-14H,3,10-12,15H2,1-2H3. The molecule has 0 unspecified atom stereocenters. The molecule has 1 aliphatic heterocycles. The summed E-state index contributed by atoms with van der Waals surface area (Å²) in [5.74, 6) is 0.607. The smallest absolute Gasteiger partial charge is 0.333 e. The van der Waals surface area contributed by atoms with E-state index in [4.69, 9.17) is 14.2 Å². The number of ether oxygens (including phenoxy) is 3. The van der Waals surface area contributed by atoms with Gasteiger partial charge in [-0.15, -0.1) is 0 Å². The molecule has 0 radical (unpaired) electrons. The molecule has 7 heteroatoms. The fourth-order valence-corrected chi connectivity index (χ4v) is 4.52. The molecule has 1 aliphatic rings. The van der Waals surface area contributed by atoms with E-state index in [0.29, 0.717) is 23.5 Å². The third-order valence-corrected chi connectivity index (χ3v) is 6.35. The SMILES string of the molecule is CCCOc1ccccc1COc1ccc2c(c1)C=C(C(=O)OC)CCS2(=O)=O. The Morgan fingerprint density at radius 2 is 1.90 bits per heavy atom. The van der Waals surface area contributed by atoms with Gasteiger partial charge in [0.15, 0.2) is 9.84 Å². The second kappa shape index (κ2) is 9.13. The minimum atomic E-state index is -3.49. The number of rotatable bonds is 7. The molecular formula is C22H24O6S. The van der Waals surface area contributed by atoms with Gasteiger partial charge in [0.05, 0.1) is 24.4 Å². The summed E-state index contributed by atoms with van der Waals surface area (Å²) in [6.45, 7) is 2.94. The number of benzene rings is 2. The summed E-state index contributed by atoms with van der Waals surface area (Å²) in [6.07, 6.45) is 2.59. The van der Waals surface area contributed by atoms with Gasteiger partial charge in [0.1, 0.15) is 18.1 Å². The van der Waals surface area contributed by atoms with Crippen molar-refractivity contribution in [1.82, 2.24) is 0 Å². The van der Waals surface area contributed by atoms with Crippen LogP contribution in [0.4, 0.5) is 0 Å². The van der Waals surface area contributed by atoms with E-state index in [1.54, 1.807) is 18.2 Å². The van der Waals surface area contributed by atoms with Gasteiger partial charge in [0, 0.05) is 11.1 Å². The van der Waals surface area contributed by atoms with Crippen LogP contribution in [0.25, 0.3) is 6.08 Å². The lowest BCUT2D eigenvalue weighted by molar-refractivity contribution is -0.136. The van der Waals surface area contributed by atoms with E-state index in [2.05, 4.69) is 0 Å². The van der Waals surface area contributed by atoms with Crippen molar-refractivity contribution in [2.45, 2.75) is 31.3 Å². The average Bonchev–Trinajstić information content (AvgIpc) is 2.86. The molecule has 154 valence electrons. The van der Waals surface area contributed by atoms with Gasteiger partial charge in [-0.3, -0.25) is 0 Å². The van der Waals surface area contributed by atoms with Crippen molar-refractivity contribution in [1.29, 1.82) is 0 Å². The van der Waals surface area contributed by atoms with Gasteiger partial charge in [-0.2, -0.15) is 0 Å². The van der Waals surface area contributed by atoms with Gasteiger partial charge in [0.2, 0.25) is 0 Å². The molecular weight excluding hydrogens is 392 g/mol. The Kier molecular flexibility index (Phi) is 6.59. The topological polar surface area (TPSA) is 78.9 Å². The molecule has 0 amide bonds. The Labute approximate surface area is 171 Å². The zero-order valence-corrected chi connectivity index (χ0v) is 17.3. The molecule has 0 bridgehead atoms. The van der Waals surface area contributed by atoms with Gasteiger partial charge in [-0.1, -0.05) is 25.1 Å². The highest BCUT2D eigenvalue weighted by molar-refractivity contribution is 7.91. The monoisotopic (exact) mass is 416 g/mol. The lowest BCUT2D eigenvalue weighted by atomic mass is 10.1. The average molecular weight is 416 g/mol. The van der Waals surface area contributed by atoms with E-state index in [1.807, 2.05) is 31.2 Å². The Balaban J connectivity index is 1.86. The summed E-state index contributed by atoms with van der Waals surface area (Å²) in [6, 6.07) is 12.4. The van der Waals surface area contributed by atoms with Crippen LogP contribution < -0.4 is 9.47 Å². The number of esters is 1. The first-order valence-electron chi connectivity index (χ1n) is 9.44. The second-order valence-electron chi connectivity index (χ2n) is 6.67. The van der Waals surface area contributed by atoms with Crippen LogP contribution in [0.2, 0.25) is 0 Å². The Hall–Kier alpha value is -2.80. The summed E-state index contributed by atoms with van der Waals surface area (Å²) in [5, 5.41) is 0. The summed E-state index contributed by atoms with van der Waals surface area (Å²) in [7, 11) is -2.21. The molecule has 0 fully saturated rings. The zero-order chi connectivity index (χ0) is 20.9. The van der Waals surface area contributed by atoms with Gasteiger partial charge in [-0.25, -0.2) is 13.2 Å². The highest BCUT2D eigenvalue weighted by Gasteiger charge is 2.25. The minimum absolute atomic E-state index is 0.113. The van der Waals surface area contributed by atoms with Crippen molar-refractivity contribution < 1.29 is 27.4 Å². The van der Waals surface area contributed by atoms with Crippen LogP contribution in [0.3, 0.4) is 0 Å². The zero-order valence-electron chi connectivity index (χ0n) is 16.5. The molecule has 2 aromatic rings. The maximum atomic E-state index is 12.5. The van der Waals surface area contributed by atoms with Crippen molar-refractivity contribution in [2.24, 2.45) is 0 Å². The number of hydrogen-bond donors (Lipinski definition) is 0. The summed E-state index contributed by atoms with van der Waals surface area (Å²) in [4.78, 5) is 12.1. The summed E-state index contributed by atoms with van der Waals surface area (Å²) in [5.41, 5.74) is 1.65. The first-order chi connectivity index (χ1) is 13.9. The van der Waals surface area contributed by atoms with Gasteiger partial charge < -0.3 is 14.2 Å². The van der Waals surface area contributed by atoms with E-state index in [1.165, 1.54) is 13.2 Å². The van der Waals surface area contributed by atoms with E-state index >= 15 is 0 Å². The lowest BCUT2D eigenvalue weighted by Gasteiger charge is -2.13. The van der Waals surface area contributed by atoms with E-state index < -0.39 is 15.8 Å². The highest BCUT2D eigenvalue weighted by Crippen LogP contribution is 2.30. The number of carbonyl (C=O) groups excluding carboxylic acids is 1. The molecule has 0 saturated carbocycles. The summed E-state index contributed by atoms with van der Waals surface area (Å²) >= 11 is 0. The number of methoxy groups -OCH3 is 1. The maximum Gasteiger partial charge on any atom is 0.333 e. The van der Waals surface area contributed by atoms with Crippen LogP contribution in [0.5, 0.6) is 11.5 Å². The summed E-state index contributed by atoms with van der Waals surface area (Å²) < 4.78 is 41.5. The minimum Gasteiger partial charge on any atom is -0.493 e. The van der Waals surface area contributed by atoms with Crippen molar-refractivity contribution in [3.63, 3.8) is 0 Å². The normalized spacial score (nSPS) is 14.9. The molecule has 0 aliphatic carbocycles. The number of fused-ring (bicyclic) bond motifs is 1. The van der Waals surface area contributed by atoms with Crippen LogP contribution in [0.15, 0.2) is 52.9 Å². The second-order valence-corrected chi connectivity index (χ2v) is 8.75. The molecule has 6 nitrogen and oxygen atoms in total. The van der Waals surface area contributed by atoms with Gasteiger partial charge in [-0.05, 0) is 48.7 Å². The highest BCUT2D eigenvalue weighted by atomic mass is 32.2. The first-order valence-corrected chi connectivity index (χ1v) is 11.1. The predicted octanol–water partition coefficient (Wildman–Crippen LogP) is 3.79. The number of para-hydroxylation sites is 1. The molecule has 3 rings (SSSR count). The number of carbonyl (C=O) groups is 1. The Bertz CT molecular complexity index is 1020. The molecule has 0 N–H and O–H groups in total. The lowest BCUT2D eigenvalue weighted by Crippen LogP contribution is -2.10.